The number of aryl methyl sites for hydroxylation is 1. The predicted molar refractivity (Wildman–Crippen MR) is 57.4 cm³/mol. The number of hydrogen-bond acceptors (Lipinski definition) is 2. The van der Waals surface area contributed by atoms with E-state index in [4.69, 9.17) is 5.73 Å². The van der Waals surface area contributed by atoms with Gasteiger partial charge in [-0.15, -0.1) is 0 Å². The van der Waals surface area contributed by atoms with Crippen LogP contribution in [0.1, 0.15) is 5.56 Å². The van der Waals surface area contributed by atoms with Crippen molar-refractivity contribution in [3.63, 3.8) is 0 Å². The molecule has 3 amide bonds. The Kier molecular flexibility index (Phi) is 3.82. The number of urea groups is 1. The van der Waals surface area contributed by atoms with Crippen molar-refractivity contribution in [2.24, 2.45) is 5.73 Å². The molecule has 0 fully saturated rings. The number of carbonyl (C=O) groups is 2. The van der Waals surface area contributed by atoms with E-state index < -0.39 is 11.9 Å². The van der Waals surface area contributed by atoms with E-state index in [-0.39, 0.29) is 12.4 Å². The van der Waals surface area contributed by atoms with Gasteiger partial charge in [-0.3, -0.25) is 4.79 Å². The minimum Gasteiger partial charge on any atom is -0.352 e. The van der Waals surface area contributed by atoms with E-state index in [1.807, 2.05) is 0 Å². The molecule has 0 aromatic heterocycles. The quantitative estimate of drug-likeness (QED) is 0.708. The first-order valence-electron chi connectivity index (χ1n) is 4.58. The van der Waals surface area contributed by atoms with Crippen molar-refractivity contribution in [1.82, 2.24) is 5.32 Å². The fourth-order valence-electron chi connectivity index (χ4n) is 1.13. The number of halogens is 1. The highest BCUT2D eigenvalue weighted by Gasteiger charge is 2.05. The molecule has 1 rings (SSSR count). The molecule has 0 saturated carbocycles. The fourth-order valence-corrected chi connectivity index (χ4v) is 1.13. The standard InChI is InChI=1S/C10H12FN3O2/c1-6-4-7(11)2-3-8(6)14-9(15)5-13-10(12)16/h2-4H,5H2,1H3,(H,14,15)(H3,12,13,16). The van der Waals surface area contributed by atoms with Crippen molar-refractivity contribution in [3.05, 3.63) is 29.6 Å². The molecule has 1 aromatic rings. The van der Waals surface area contributed by atoms with Crippen molar-refractivity contribution in [2.75, 3.05) is 11.9 Å². The molecule has 6 heteroatoms. The van der Waals surface area contributed by atoms with Crippen molar-refractivity contribution < 1.29 is 14.0 Å². The third-order valence-electron chi connectivity index (χ3n) is 1.89. The zero-order valence-corrected chi connectivity index (χ0v) is 8.71. The topological polar surface area (TPSA) is 84.2 Å². The van der Waals surface area contributed by atoms with Gasteiger partial charge in [0, 0.05) is 5.69 Å². The Labute approximate surface area is 91.8 Å². The van der Waals surface area contributed by atoms with Gasteiger partial charge in [0.1, 0.15) is 5.82 Å². The van der Waals surface area contributed by atoms with Crippen LogP contribution in [0.3, 0.4) is 0 Å². The summed E-state index contributed by atoms with van der Waals surface area (Å²) in [5, 5.41) is 4.67. The summed E-state index contributed by atoms with van der Waals surface area (Å²) in [5.41, 5.74) is 5.91. The van der Waals surface area contributed by atoms with Crippen molar-refractivity contribution >= 4 is 17.6 Å². The van der Waals surface area contributed by atoms with Gasteiger partial charge in [0.25, 0.3) is 0 Å². The zero-order valence-electron chi connectivity index (χ0n) is 8.71. The number of benzene rings is 1. The first kappa shape index (κ1) is 12.0. The summed E-state index contributed by atoms with van der Waals surface area (Å²) >= 11 is 0. The lowest BCUT2D eigenvalue weighted by Crippen LogP contribution is -2.36. The van der Waals surface area contributed by atoms with E-state index in [1.165, 1.54) is 18.2 Å². The molecule has 0 bridgehead atoms. The van der Waals surface area contributed by atoms with Crippen LogP contribution in [0.4, 0.5) is 14.9 Å². The van der Waals surface area contributed by atoms with Crippen molar-refractivity contribution in [3.8, 4) is 0 Å². The first-order valence-corrected chi connectivity index (χ1v) is 4.58. The second kappa shape index (κ2) is 5.11. The maximum atomic E-state index is 12.8. The van der Waals surface area contributed by atoms with E-state index in [2.05, 4.69) is 10.6 Å². The van der Waals surface area contributed by atoms with Gasteiger partial charge in [0.15, 0.2) is 0 Å². The van der Waals surface area contributed by atoms with Gasteiger partial charge in [0.05, 0.1) is 6.54 Å². The molecule has 1 aromatic carbocycles. The fraction of sp³-hybridized carbons (Fsp3) is 0.200. The summed E-state index contributed by atoms with van der Waals surface area (Å²) in [6.07, 6.45) is 0. The number of anilines is 1. The Hall–Kier alpha value is -2.11. The Bertz CT molecular complexity index is 421. The molecule has 0 radical (unpaired) electrons. The monoisotopic (exact) mass is 225 g/mol. The number of nitrogens with one attached hydrogen (secondary N) is 2. The van der Waals surface area contributed by atoms with Gasteiger partial charge in [0.2, 0.25) is 5.91 Å². The van der Waals surface area contributed by atoms with Crippen molar-refractivity contribution in [2.45, 2.75) is 6.92 Å². The molecule has 16 heavy (non-hydrogen) atoms. The van der Waals surface area contributed by atoms with Crippen LogP contribution in [-0.2, 0) is 4.79 Å². The molecule has 5 nitrogen and oxygen atoms in total. The smallest absolute Gasteiger partial charge is 0.312 e. The van der Waals surface area contributed by atoms with Gasteiger partial charge in [-0.25, -0.2) is 9.18 Å². The molecule has 0 spiro atoms. The molecular formula is C10H12FN3O2. The molecule has 0 aliphatic rings. The molecule has 86 valence electrons. The van der Waals surface area contributed by atoms with Crippen LogP contribution < -0.4 is 16.4 Å². The Morgan fingerprint density at radius 2 is 2.12 bits per heavy atom. The summed E-state index contributed by atoms with van der Waals surface area (Å²) in [6, 6.07) is 3.22. The average molecular weight is 225 g/mol. The largest absolute Gasteiger partial charge is 0.352 e. The van der Waals surface area contributed by atoms with Gasteiger partial charge in [-0.1, -0.05) is 0 Å². The molecular weight excluding hydrogens is 213 g/mol. The lowest BCUT2D eigenvalue weighted by molar-refractivity contribution is -0.115. The van der Waals surface area contributed by atoms with Crippen LogP contribution in [0.2, 0.25) is 0 Å². The van der Waals surface area contributed by atoms with Gasteiger partial charge >= 0.3 is 6.03 Å². The van der Waals surface area contributed by atoms with E-state index >= 15 is 0 Å². The highest BCUT2D eigenvalue weighted by molar-refractivity contribution is 5.94. The SMILES string of the molecule is Cc1cc(F)ccc1NC(=O)CNC(N)=O. The number of nitrogens with two attached hydrogens (primary N) is 1. The van der Waals surface area contributed by atoms with E-state index in [9.17, 15) is 14.0 Å². The Balaban J connectivity index is 2.59. The molecule has 0 unspecified atom stereocenters. The summed E-state index contributed by atoms with van der Waals surface area (Å²) in [7, 11) is 0. The third-order valence-corrected chi connectivity index (χ3v) is 1.89. The summed E-state index contributed by atoms with van der Waals surface area (Å²) < 4.78 is 12.8. The normalized spacial score (nSPS) is 9.62. The number of rotatable bonds is 3. The molecule has 4 N–H and O–H groups in total. The van der Waals surface area contributed by atoms with Crippen LogP contribution in [-0.4, -0.2) is 18.5 Å². The third kappa shape index (κ3) is 3.56. The van der Waals surface area contributed by atoms with E-state index in [0.29, 0.717) is 11.3 Å². The van der Waals surface area contributed by atoms with Crippen LogP contribution in [0.15, 0.2) is 18.2 Å². The number of hydrogen-bond donors (Lipinski definition) is 3. The van der Waals surface area contributed by atoms with Gasteiger partial charge < -0.3 is 16.4 Å². The molecule has 0 aliphatic heterocycles. The molecule has 0 heterocycles. The zero-order chi connectivity index (χ0) is 12.1. The lowest BCUT2D eigenvalue weighted by atomic mass is 10.2. The highest BCUT2D eigenvalue weighted by atomic mass is 19.1. The average Bonchev–Trinajstić information content (AvgIpc) is 2.19. The minimum atomic E-state index is -0.772. The van der Waals surface area contributed by atoms with Crippen LogP contribution in [0.25, 0.3) is 0 Å². The van der Waals surface area contributed by atoms with Gasteiger partial charge in [-0.05, 0) is 30.7 Å². The maximum Gasteiger partial charge on any atom is 0.312 e. The Morgan fingerprint density at radius 1 is 1.44 bits per heavy atom. The predicted octanol–water partition coefficient (Wildman–Crippen LogP) is 0.741. The highest BCUT2D eigenvalue weighted by Crippen LogP contribution is 2.15. The molecule has 0 aliphatic carbocycles. The summed E-state index contributed by atoms with van der Waals surface area (Å²) in [6.45, 7) is 1.45. The maximum absolute atomic E-state index is 12.8. The second-order valence-corrected chi connectivity index (χ2v) is 3.23. The number of amides is 3. The minimum absolute atomic E-state index is 0.216. The first-order chi connectivity index (χ1) is 7.49. The van der Waals surface area contributed by atoms with Crippen LogP contribution >= 0.6 is 0 Å². The lowest BCUT2D eigenvalue weighted by Gasteiger charge is -2.08. The number of carbonyl (C=O) groups excluding carboxylic acids is 2. The Morgan fingerprint density at radius 3 is 2.69 bits per heavy atom. The van der Waals surface area contributed by atoms with Gasteiger partial charge in [-0.2, -0.15) is 0 Å². The summed E-state index contributed by atoms with van der Waals surface area (Å²) in [4.78, 5) is 21.6. The summed E-state index contributed by atoms with van der Waals surface area (Å²) in [5.74, 6) is -0.792. The molecule has 0 atom stereocenters. The van der Waals surface area contributed by atoms with Crippen LogP contribution in [0, 0.1) is 12.7 Å². The second-order valence-electron chi connectivity index (χ2n) is 3.23. The van der Waals surface area contributed by atoms with Crippen LogP contribution in [0.5, 0.6) is 0 Å². The van der Waals surface area contributed by atoms with Crippen molar-refractivity contribution in [1.29, 1.82) is 0 Å². The van der Waals surface area contributed by atoms with E-state index in [1.54, 1.807) is 6.92 Å². The molecule has 0 saturated heterocycles. The van der Waals surface area contributed by atoms with E-state index in [0.717, 1.165) is 0 Å². The number of primary amides is 1.